The fraction of sp³-hybridized carbons (Fsp3) is 0.400. The van der Waals surface area contributed by atoms with E-state index in [0.717, 1.165) is 12.1 Å². The summed E-state index contributed by atoms with van der Waals surface area (Å²) in [5, 5.41) is 11.3. The second-order valence-corrected chi connectivity index (χ2v) is 4.81. The number of carbonyl (C=O) groups is 3. The lowest BCUT2D eigenvalue weighted by Gasteiger charge is -2.14. The third-order valence-corrected chi connectivity index (χ3v) is 3.09. The van der Waals surface area contributed by atoms with E-state index in [0.29, 0.717) is 6.42 Å². The molecule has 0 aliphatic heterocycles. The lowest BCUT2D eigenvalue weighted by molar-refractivity contribution is -0.142. The Labute approximate surface area is 126 Å². The summed E-state index contributed by atoms with van der Waals surface area (Å²) >= 11 is 0. The molecule has 0 unspecified atom stereocenters. The van der Waals surface area contributed by atoms with Crippen LogP contribution in [0.3, 0.4) is 0 Å². The minimum Gasteiger partial charge on any atom is -0.480 e. The Balaban J connectivity index is 2.61. The zero-order valence-corrected chi connectivity index (χ0v) is 12.1. The van der Waals surface area contributed by atoms with Gasteiger partial charge in [-0.05, 0) is 24.1 Å². The zero-order valence-electron chi connectivity index (χ0n) is 12.1. The van der Waals surface area contributed by atoms with Gasteiger partial charge in [-0.25, -0.2) is 13.6 Å². The molecule has 0 fully saturated rings. The molecular weight excluding hydrogens is 296 g/mol. The third kappa shape index (κ3) is 5.59. The van der Waals surface area contributed by atoms with E-state index in [2.05, 4.69) is 5.32 Å². The summed E-state index contributed by atoms with van der Waals surface area (Å²) in [4.78, 5) is 34.0. The van der Waals surface area contributed by atoms with Crippen LogP contribution in [-0.2, 0) is 20.8 Å². The second kappa shape index (κ2) is 8.21. The standard InChI is InChI=1S/C15H17F2NO4/c1-2-10(19)4-6-13(15(21)22)18-14(20)8-9-3-5-11(16)12(17)7-9/h3,5,7,13H,2,4,6,8H2,1H3,(H,18,20)(H,21,22)/t13-/m0/s1. The number of benzene rings is 1. The maximum Gasteiger partial charge on any atom is 0.326 e. The largest absolute Gasteiger partial charge is 0.480 e. The summed E-state index contributed by atoms with van der Waals surface area (Å²) in [5.74, 6) is -4.08. The van der Waals surface area contributed by atoms with Crippen molar-refractivity contribution in [1.82, 2.24) is 5.32 Å². The topological polar surface area (TPSA) is 83.5 Å². The van der Waals surface area contributed by atoms with Gasteiger partial charge in [0.15, 0.2) is 11.6 Å². The van der Waals surface area contributed by atoms with Crippen LogP contribution in [0.5, 0.6) is 0 Å². The SMILES string of the molecule is CCC(=O)CC[C@H](NC(=O)Cc1ccc(F)c(F)c1)C(=O)O. The Kier molecular flexibility index (Phi) is 6.62. The molecule has 0 aromatic heterocycles. The van der Waals surface area contributed by atoms with E-state index in [4.69, 9.17) is 5.11 Å². The van der Waals surface area contributed by atoms with Crippen molar-refractivity contribution in [2.75, 3.05) is 0 Å². The second-order valence-electron chi connectivity index (χ2n) is 4.81. The predicted molar refractivity (Wildman–Crippen MR) is 74.2 cm³/mol. The van der Waals surface area contributed by atoms with Crippen LogP contribution in [0.1, 0.15) is 31.7 Å². The number of aliphatic carboxylic acids is 1. The highest BCUT2D eigenvalue weighted by atomic mass is 19.2. The lowest BCUT2D eigenvalue weighted by Crippen LogP contribution is -2.41. The van der Waals surface area contributed by atoms with Crippen LogP contribution in [0, 0.1) is 11.6 Å². The molecule has 0 radical (unpaired) electrons. The van der Waals surface area contributed by atoms with Gasteiger partial charge in [0.05, 0.1) is 6.42 Å². The van der Waals surface area contributed by atoms with Crippen molar-refractivity contribution in [1.29, 1.82) is 0 Å². The molecule has 2 N–H and O–H groups in total. The summed E-state index contributed by atoms with van der Waals surface area (Å²) in [7, 11) is 0. The van der Waals surface area contributed by atoms with E-state index < -0.39 is 29.6 Å². The molecule has 0 aliphatic carbocycles. The Hall–Kier alpha value is -2.31. The van der Waals surface area contributed by atoms with Crippen molar-refractivity contribution in [3.05, 3.63) is 35.4 Å². The highest BCUT2D eigenvalue weighted by Gasteiger charge is 2.20. The minimum atomic E-state index is -1.25. The predicted octanol–water partition coefficient (Wildman–Crippen LogP) is 1.84. The highest BCUT2D eigenvalue weighted by molar-refractivity contribution is 5.85. The van der Waals surface area contributed by atoms with Gasteiger partial charge in [-0.15, -0.1) is 0 Å². The molecular formula is C15H17F2NO4. The lowest BCUT2D eigenvalue weighted by atomic mass is 10.1. The number of rotatable bonds is 8. The molecule has 120 valence electrons. The smallest absolute Gasteiger partial charge is 0.326 e. The molecule has 0 spiro atoms. The van der Waals surface area contributed by atoms with Crippen LogP contribution in [0.4, 0.5) is 8.78 Å². The Morgan fingerprint density at radius 2 is 1.91 bits per heavy atom. The van der Waals surface area contributed by atoms with Crippen LogP contribution in [-0.4, -0.2) is 28.8 Å². The van der Waals surface area contributed by atoms with Gasteiger partial charge in [0.2, 0.25) is 5.91 Å². The van der Waals surface area contributed by atoms with Crippen molar-refractivity contribution in [3.8, 4) is 0 Å². The molecule has 0 aliphatic rings. The Morgan fingerprint density at radius 3 is 2.45 bits per heavy atom. The van der Waals surface area contributed by atoms with Crippen LogP contribution < -0.4 is 5.32 Å². The van der Waals surface area contributed by atoms with Crippen molar-refractivity contribution in [3.63, 3.8) is 0 Å². The summed E-state index contributed by atoms with van der Waals surface area (Å²) in [5.41, 5.74) is 0.227. The van der Waals surface area contributed by atoms with Crippen molar-refractivity contribution < 1.29 is 28.3 Å². The summed E-state index contributed by atoms with van der Waals surface area (Å²) in [6.07, 6.45) is 0.0717. The molecule has 1 amide bonds. The number of amides is 1. The van der Waals surface area contributed by atoms with Gasteiger partial charge in [-0.2, -0.15) is 0 Å². The summed E-state index contributed by atoms with van der Waals surface area (Å²) in [6, 6.07) is 1.83. The number of nitrogens with one attached hydrogen (secondary N) is 1. The molecule has 22 heavy (non-hydrogen) atoms. The number of hydrogen-bond acceptors (Lipinski definition) is 3. The normalized spacial score (nSPS) is 11.8. The number of carboxylic acids is 1. The molecule has 1 rings (SSSR count). The van der Waals surface area contributed by atoms with Gasteiger partial charge in [0.1, 0.15) is 11.8 Å². The van der Waals surface area contributed by atoms with Crippen molar-refractivity contribution in [2.24, 2.45) is 0 Å². The molecule has 0 heterocycles. The van der Waals surface area contributed by atoms with E-state index in [1.807, 2.05) is 0 Å². The van der Waals surface area contributed by atoms with Crippen molar-refractivity contribution >= 4 is 17.7 Å². The number of carbonyl (C=O) groups excluding carboxylic acids is 2. The quantitative estimate of drug-likeness (QED) is 0.767. The molecule has 1 aromatic rings. The first-order valence-electron chi connectivity index (χ1n) is 6.81. The van der Waals surface area contributed by atoms with Gasteiger partial charge in [0, 0.05) is 12.8 Å². The molecule has 0 saturated carbocycles. The van der Waals surface area contributed by atoms with E-state index in [9.17, 15) is 23.2 Å². The molecule has 7 heteroatoms. The van der Waals surface area contributed by atoms with Crippen molar-refractivity contribution in [2.45, 2.75) is 38.6 Å². The maximum absolute atomic E-state index is 13.0. The molecule has 1 aromatic carbocycles. The van der Waals surface area contributed by atoms with Gasteiger partial charge < -0.3 is 10.4 Å². The average molecular weight is 313 g/mol. The highest BCUT2D eigenvalue weighted by Crippen LogP contribution is 2.09. The summed E-state index contributed by atoms with van der Waals surface area (Å²) < 4.78 is 25.8. The van der Waals surface area contributed by atoms with E-state index >= 15 is 0 Å². The fourth-order valence-electron chi connectivity index (χ4n) is 1.82. The third-order valence-electron chi connectivity index (χ3n) is 3.09. The first-order valence-corrected chi connectivity index (χ1v) is 6.81. The van der Waals surface area contributed by atoms with Gasteiger partial charge in [-0.1, -0.05) is 13.0 Å². The molecule has 0 saturated heterocycles. The molecule has 0 bridgehead atoms. The van der Waals surface area contributed by atoms with Gasteiger partial charge >= 0.3 is 5.97 Å². The number of hydrogen-bond donors (Lipinski definition) is 2. The van der Waals surface area contributed by atoms with Gasteiger partial charge in [-0.3, -0.25) is 9.59 Å². The van der Waals surface area contributed by atoms with Crippen LogP contribution >= 0.6 is 0 Å². The monoisotopic (exact) mass is 313 g/mol. The Morgan fingerprint density at radius 1 is 1.23 bits per heavy atom. The zero-order chi connectivity index (χ0) is 16.7. The number of Topliss-reactive ketones (excluding diaryl/α,β-unsaturated/α-hetero) is 1. The van der Waals surface area contributed by atoms with E-state index in [-0.39, 0.29) is 30.6 Å². The van der Waals surface area contributed by atoms with Gasteiger partial charge in [0.25, 0.3) is 0 Å². The molecule has 5 nitrogen and oxygen atoms in total. The van der Waals surface area contributed by atoms with Crippen LogP contribution in [0.15, 0.2) is 18.2 Å². The fourth-order valence-corrected chi connectivity index (χ4v) is 1.82. The minimum absolute atomic E-state index is 0.00841. The molecule has 1 atom stereocenters. The summed E-state index contributed by atoms with van der Waals surface area (Å²) in [6.45, 7) is 1.67. The average Bonchev–Trinajstić information content (AvgIpc) is 2.46. The van der Waals surface area contributed by atoms with E-state index in [1.165, 1.54) is 6.07 Å². The van der Waals surface area contributed by atoms with E-state index in [1.54, 1.807) is 6.92 Å². The first-order chi connectivity index (χ1) is 10.3. The number of ketones is 1. The van der Waals surface area contributed by atoms with Crippen LogP contribution in [0.2, 0.25) is 0 Å². The Bertz CT molecular complexity index is 575. The maximum atomic E-state index is 13.0. The number of halogens is 2. The number of carboxylic acid groups (broad SMARTS) is 1. The van der Waals surface area contributed by atoms with Crippen LogP contribution in [0.25, 0.3) is 0 Å². The first kappa shape index (κ1) is 17.7.